The van der Waals surface area contributed by atoms with Gasteiger partial charge in [-0.25, -0.2) is 9.97 Å². The van der Waals surface area contributed by atoms with Gasteiger partial charge in [0.1, 0.15) is 5.69 Å². The molecule has 3 rings (SSSR count). The van der Waals surface area contributed by atoms with Crippen molar-refractivity contribution in [3.05, 3.63) is 22.9 Å². The van der Waals surface area contributed by atoms with Crippen LogP contribution < -0.4 is 11.3 Å². The van der Waals surface area contributed by atoms with E-state index in [9.17, 15) is 4.79 Å². The largest absolute Gasteiger partial charge is 0.369 e. The van der Waals surface area contributed by atoms with Gasteiger partial charge in [-0.3, -0.25) is 9.78 Å². The number of aryl methyl sites for hydroxylation is 1. The van der Waals surface area contributed by atoms with Gasteiger partial charge in [-0.05, 0) is 0 Å². The number of hydrogen-bond donors (Lipinski definition) is 3. The van der Waals surface area contributed by atoms with Crippen LogP contribution in [0.25, 0.3) is 22.7 Å². The number of hydrogen-bond acceptors (Lipinski definition) is 5. The average Bonchev–Trinajstić information content (AvgIpc) is 2.83. The number of H-pyrrole nitrogens is 2. The van der Waals surface area contributed by atoms with Crippen LogP contribution in [0.1, 0.15) is 0 Å². The second kappa shape index (κ2) is 3.17. The third kappa shape index (κ3) is 1.38. The van der Waals surface area contributed by atoms with Crippen LogP contribution in [0.3, 0.4) is 0 Å². The number of nitrogens with zero attached hydrogens (tertiary/aromatic N) is 4. The van der Waals surface area contributed by atoms with E-state index in [1.54, 1.807) is 17.1 Å². The maximum Gasteiger partial charge on any atom is 0.278 e. The molecule has 0 aliphatic heterocycles. The van der Waals surface area contributed by atoms with Gasteiger partial charge in [0.2, 0.25) is 5.95 Å². The summed E-state index contributed by atoms with van der Waals surface area (Å²) in [6.45, 7) is 0. The van der Waals surface area contributed by atoms with Gasteiger partial charge in [-0.1, -0.05) is 0 Å². The highest BCUT2D eigenvalue weighted by molar-refractivity contribution is 5.74. The van der Waals surface area contributed by atoms with E-state index in [0.717, 1.165) is 5.69 Å². The minimum absolute atomic E-state index is 0.0468. The van der Waals surface area contributed by atoms with E-state index < -0.39 is 0 Å². The molecule has 0 spiro atoms. The number of aromatic nitrogens is 6. The average molecular weight is 231 g/mol. The zero-order valence-corrected chi connectivity index (χ0v) is 8.93. The number of anilines is 1. The monoisotopic (exact) mass is 231 g/mol. The summed E-state index contributed by atoms with van der Waals surface area (Å²) >= 11 is 0. The molecule has 0 atom stereocenters. The molecule has 0 amide bonds. The highest BCUT2D eigenvalue weighted by Gasteiger charge is 2.12. The number of nitrogens with two attached hydrogens (primary N) is 1. The minimum Gasteiger partial charge on any atom is -0.369 e. The summed E-state index contributed by atoms with van der Waals surface area (Å²) in [6.07, 6.45) is 3.30. The highest BCUT2D eigenvalue weighted by atomic mass is 16.1. The van der Waals surface area contributed by atoms with E-state index in [0.29, 0.717) is 17.0 Å². The molecule has 0 saturated heterocycles. The summed E-state index contributed by atoms with van der Waals surface area (Å²) < 4.78 is 1.79. The van der Waals surface area contributed by atoms with E-state index in [2.05, 4.69) is 24.9 Å². The highest BCUT2D eigenvalue weighted by Crippen LogP contribution is 2.16. The number of fused-ring (bicyclic) bond motifs is 1. The fourth-order valence-corrected chi connectivity index (χ4v) is 1.63. The molecule has 0 aromatic carbocycles. The Morgan fingerprint density at radius 3 is 2.88 bits per heavy atom. The summed E-state index contributed by atoms with van der Waals surface area (Å²) in [4.78, 5) is 29.0. The molecule has 0 aliphatic carbocycles. The maximum atomic E-state index is 11.6. The fourth-order valence-electron chi connectivity index (χ4n) is 1.63. The quantitative estimate of drug-likeness (QED) is 0.528. The summed E-state index contributed by atoms with van der Waals surface area (Å²) in [5.41, 5.74) is 6.47. The molecule has 4 N–H and O–H groups in total. The first-order valence-corrected chi connectivity index (χ1v) is 4.87. The number of imidazole rings is 2. The fraction of sp³-hybridized carbons (Fsp3) is 0.111. The van der Waals surface area contributed by atoms with Gasteiger partial charge in [0, 0.05) is 7.05 Å². The zero-order chi connectivity index (χ0) is 12.0. The number of rotatable bonds is 1. The lowest BCUT2D eigenvalue weighted by Crippen LogP contribution is -2.10. The van der Waals surface area contributed by atoms with Gasteiger partial charge in [0.15, 0.2) is 17.0 Å². The summed E-state index contributed by atoms with van der Waals surface area (Å²) in [5.74, 6) is 0.578. The molecule has 17 heavy (non-hydrogen) atoms. The molecule has 3 aromatic heterocycles. The Morgan fingerprint density at radius 2 is 2.18 bits per heavy atom. The maximum absolute atomic E-state index is 11.6. The lowest BCUT2D eigenvalue weighted by molar-refractivity contribution is 0.913. The van der Waals surface area contributed by atoms with Crippen molar-refractivity contribution in [1.82, 2.24) is 29.5 Å². The molecule has 8 nitrogen and oxygen atoms in total. The molecule has 0 radical (unpaired) electrons. The Morgan fingerprint density at radius 1 is 1.35 bits per heavy atom. The van der Waals surface area contributed by atoms with Crippen LogP contribution in [-0.2, 0) is 7.05 Å². The van der Waals surface area contributed by atoms with E-state index in [4.69, 9.17) is 5.73 Å². The van der Waals surface area contributed by atoms with Crippen molar-refractivity contribution >= 4 is 17.1 Å². The Labute approximate surface area is 94.5 Å². The standard InChI is InChI=1S/C9H9N7O/c1-16-3-11-2-4(16)6-12-5-7(13-6)14-9(10)15-8(5)17/h2-3H,1H3,(H4,10,12,13,14,15,17). The van der Waals surface area contributed by atoms with Gasteiger partial charge in [-0.15, -0.1) is 0 Å². The van der Waals surface area contributed by atoms with Crippen molar-refractivity contribution in [2.75, 3.05) is 5.73 Å². The normalized spacial score (nSPS) is 11.1. The predicted octanol–water partition coefficient (Wildman–Crippen LogP) is -0.371. The van der Waals surface area contributed by atoms with Crippen LogP contribution in [0.15, 0.2) is 17.3 Å². The lowest BCUT2D eigenvalue weighted by atomic mass is 10.4. The Kier molecular flexibility index (Phi) is 1.79. The van der Waals surface area contributed by atoms with Crippen LogP contribution in [-0.4, -0.2) is 29.5 Å². The predicted molar refractivity (Wildman–Crippen MR) is 61.1 cm³/mol. The van der Waals surface area contributed by atoms with Gasteiger partial charge in [0.05, 0.1) is 12.5 Å². The van der Waals surface area contributed by atoms with Crippen LogP contribution in [0.5, 0.6) is 0 Å². The second-order valence-corrected chi connectivity index (χ2v) is 3.62. The van der Waals surface area contributed by atoms with Crippen molar-refractivity contribution in [2.45, 2.75) is 0 Å². The topological polar surface area (TPSA) is 118 Å². The first kappa shape index (κ1) is 9.58. The van der Waals surface area contributed by atoms with Gasteiger partial charge >= 0.3 is 0 Å². The van der Waals surface area contributed by atoms with Crippen molar-refractivity contribution in [3.8, 4) is 11.5 Å². The molecule has 3 aromatic rings. The van der Waals surface area contributed by atoms with Crippen molar-refractivity contribution in [1.29, 1.82) is 0 Å². The number of nitrogen functional groups attached to an aromatic ring is 1. The molecule has 8 heteroatoms. The Hall–Kier alpha value is -2.64. The van der Waals surface area contributed by atoms with Crippen LogP contribution in [0.2, 0.25) is 0 Å². The van der Waals surface area contributed by atoms with Gasteiger partial charge in [0.25, 0.3) is 5.56 Å². The van der Waals surface area contributed by atoms with Gasteiger partial charge < -0.3 is 15.3 Å². The van der Waals surface area contributed by atoms with Crippen LogP contribution >= 0.6 is 0 Å². The molecular formula is C9H9N7O. The zero-order valence-electron chi connectivity index (χ0n) is 8.93. The molecule has 86 valence electrons. The molecule has 3 heterocycles. The lowest BCUT2D eigenvalue weighted by Gasteiger charge is -1.95. The van der Waals surface area contributed by atoms with Crippen molar-refractivity contribution < 1.29 is 0 Å². The summed E-state index contributed by atoms with van der Waals surface area (Å²) in [7, 11) is 1.83. The third-order valence-corrected chi connectivity index (χ3v) is 2.44. The van der Waals surface area contributed by atoms with Gasteiger partial charge in [-0.2, -0.15) is 4.98 Å². The first-order chi connectivity index (χ1) is 8.15. The Bertz CT molecular complexity index is 750. The first-order valence-electron chi connectivity index (χ1n) is 4.87. The van der Waals surface area contributed by atoms with E-state index >= 15 is 0 Å². The molecule has 0 unspecified atom stereocenters. The number of aromatic amines is 2. The summed E-state index contributed by atoms with van der Waals surface area (Å²) in [5, 5.41) is 0. The second-order valence-electron chi connectivity index (χ2n) is 3.62. The molecule has 0 fully saturated rings. The molecule has 0 bridgehead atoms. The minimum atomic E-state index is -0.339. The summed E-state index contributed by atoms with van der Waals surface area (Å²) in [6, 6.07) is 0. The van der Waals surface area contributed by atoms with E-state index in [1.807, 2.05) is 7.05 Å². The van der Waals surface area contributed by atoms with Crippen LogP contribution in [0, 0.1) is 0 Å². The smallest absolute Gasteiger partial charge is 0.278 e. The Balaban J connectivity index is 2.31. The van der Waals surface area contributed by atoms with Crippen molar-refractivity contribution in [2.24, 2.45) is 7.05 Å². The van der Waals surface area contributed by atoms with E-state index in [-0.39, 0.29) is 11.5 Å². The number of nitrogens with one attached hydrogen (secondary N) is 2. The van der Waals surface area contributed by atoms with Crippen LogP contribution in [0.4, 0.5) is 5.95 Å². The van der Waals surface area contributed by atoms with Crippen molar-refractivity contribution in [3.63, 3.8) is 0 Å². The van der Waals surface area contributed by atoms with E-state index in [1.165, 1.54) is 0 Å². The molecule has 0 aliphatic rings. The molecular weight excluding hydrogens is 222 g/mol. The third-order valence-electron chi connectivity index (χ3n) is 2.44. The SMILES string of the molecule is Cn1cncc1-c1nc2nc(N)[nH]c(=O)c2[nH]1. The molecule has 0 saturated carbocycles.